The molecule has 1 aromatic heterocycles. The van der Waals surface area contributed by atoms with E-state index in [1.807, 2.05) is 26.0 Å². The number of aromatic carboxylic acids is 1. The van der Waals surface area contributed by atoms with Gasteiger partial charge in [-0.3, -0.25) is 0 Å². The zero-order chi connectivity index (χ0) is 12.6. The van der Waals surface area contributed by atoms with Crippen molar-refractivity contribution in [3.8, 4) is 11.3 Å². The monoisotopic (exact) mass is 230 g/mol. The lowest BCUT2D eigenvalue weighted by molar-refractivity contribution is 0.0680. The average Bonchev–Trinajstić information content (AvgIpc) is 2.60. The van der Waals surface area contributed by atoms with Crippen LogP contribution in [0.2, 0.25) is 0 Å². The van der Waals surface area contributed by atoms with Crippen molar-refractivity contribution in [3.05, 3.63) is 41.3 Å². The second-order valence-electron chi connectivity index (χ2n) is 4.18. The molecule has 4 nitrogen and oxygen atoms in total. The van der Waals surface area contributed by atoms with E-state index in [2.05, 4.69) is 11.1 Å². The van der Waals surface area contributed by atoms with Crippen LogP contribution in [0.3, 0.4) is 0 Å². The van der Waals surface area contributed by atoms with Gasteiger partial charge in [0.25, 0.3) is 0 Å². The predicted molar refractivity (Wildman–Crippen MR) is 65.1 cm³/mol. The molecule has 0 saturated carbocycles. The molecule has 1 aromatic carbocycles. The molecule has 1 heterocycles. The van der Waals surface area contributed by atoms with Gasteiger partial charge in [-0.25, -0.2) is 9.78 Å². The summed E-state index contributed by atoms with van der Waals surface area (Å²) in [4.78, 5) is 15.1. The Morgan fingerprint density at radius 2 is 2.06 bits per heavy atom. The van der Waals surface area contributed by atoms with E-state index in [0.29, 0.717) is 5.69 Å². The van der Waals surface area contributed by atoms with Crippen molar-refractivity contribution in [1.82, 2.24) is 9.55 Å². The molecule has 88 valence electrons. The fourth-order valence-electron chi connectivity index (χ4n) is 1.90. The maximum atomic E-state index is 10.9. The van der Waals surface area contributed by atoms with Gasteiger partial charge in [0.1, 0.15) is 0 Å². The number of imidazole rings is 1. The van der Waals surface area contributed by atoms with Crippen LogP contribution >= 0.6 is 0 Å². The summed E-state index contributed by atoms with van der Waals surface area (Å²) in [5.41, 5.74) is 3.95. The zero-order valence-electron chi connectivity index (χ0n) is 10.1. The highest BCUT2D eigenvalue weighted by molar-refractivity contribution is 5.84. The molecule has 0 amide bonds. The SMILES string of the molecule is Cc1ccc(-c2cn(C)c(C(=O)O)n2)c(C)c1. The Morgan fingerprint density at radius 3 is 2.59 bits per heavy atom. The van der Waals surface area contributed by atoms with Crippen molar-refractivity contribution >= 4 is 5.97 Å². The normalized spacial score (nSPS) is 10.5. The molecular weight excluding hydrogens is 216 g/mol. The third-order valence-electron chi connectivity index (χ3n) is 2.73. The van der Waals surface area contributed by atoms with Crippen molar-refractivity contribution in [3.63, 3.8) is 0 Å². The molecule has 1 N–H and O–H groups in total. The Kier molecular flexibility index (Phi) is 2.71. The largest absolute Gasteiger partial charge is 0.475 e. The van der Waals surface area contributed by atoms with Gasteiger partial charge in [0, 0.05) is 18.8 Å². The number of aromatic nitrogens is 2. The van der Waals surface area contributed by atoms with E-state index in [0.717, 1.165) is 11.1 Å². The summed E-state index contributed by atoms with van der Waals surface area (Å²) in [5.74, 6) is -0.955. The zero-order valence-corrected chi connectivity index (χ0v) is 10.1. The fraction of sp³-hybridized carbons (Fsp3) is 0.231. The first-order valence-corrected chi connectivity index (χ1v) is 5.33. The highest BCUT2D eigenvalue weighted by Crippen LogP contribution is 2.23. The molecule has 0 spiro atoms. The molecule has 0 bridgehead atoms. The second-order valence-corrected chi connectivity index (χ2v) is 4.18. The Bertz CT molecular complexity index is 585. The standard InChI is InChI=1S/C13H14N2O2/c1-8-4-5-10(9(2)6-8)11-7-15(3)12(14-11)13(16)17/h4-7H,1-3H3,(H,16,17). The molecule has 4 heteroatoms. The molecule has 2 aromatic rings. The number of benzene rings is 1. The lowest BCUT2D eigenvalue weighted by atomic mass is 10.0. The van der Waals surface area contributed by atoms with Crippen LogP contribution in [0.5, 0.6) is 0 Å². The average molecular weight is 230 g/mol. The maximum Gasteiger partial charge on any atom is 0.372 e. The van der Waals surface area contributed by atoms with Crippen molar-refractivity contribution in [2.75, 3.05) is 0 Å². The summed E-state index contributed by atoms with van der Waals surface area (Å²) < 4.78 is 1.52. The minimum atomic E-state index is -1.01. The van der Waals surface area contributed by atoms with Gasteiger partial charge in [-0.05, 0) is 19.4 Å². The summed E-state index contributed by atoms with van der Waals surface area (Å²) >= 11 is 0. The van der Waals surface area contributed by atoms with E-state index in [1.165, 1.54) is 10.1 Å². The van der Waals surface area contributed by atoms with Gasteiger partial charge in [-0.15, -0.1) is 0 Å². The molecule has 0 radical (unpaired) electrons. The molecule has 0 unspecified atom stereocenters. The third kappa shape index (κ3) is 2.06. The first-order valence-electron chi connectivity index (χ1n) is 5.33. The molecular formula is C13H14N2O2. The molecule has 0 aliphatic heterocycles. The van der Waals surface area contributed by atoms with E-state index >= 15 is 0 Å². The minimum absolute atomic E-state index is 0.0555. The number of carboxylic acids is 1. The Hall–Kier alpha value is -2.10. The molecule has 0 atom stereocenters. The number of hydrogen-bond donors (Lipinski definition) is 1. The molecule has 17 heavy (non-hydrogen) atoms. The summed E-state index contributed by atoms with van der Waals surface area (Å²) in [7, 11) is 1.68. The minimum Gasteiger partial charge on any atom is -0.475 e. The summed E-state index contributed by atoms with van der Waals surface area (Å²) in [6, 6.07) is 6.03. The van der Waals surface area contributed by atoms with Crippen LogP contribution in [-0.2, 0) is 7.05 Å². The first kappa shape index (κ1) is 11.4. The summed E-state index contributed by atoms with van der Waals surface area (Å²) in [6.45, 7) is 4.02. The van der Waals surface area contributed by atoms with Gasteiger partial charge in [0.05, 0.1) is 5.69 Å². The Morgan fingerprint density at radius 1 is 1.35 bits per heavy atom. The number of rotatable bonds is 2. The smallest absolute Gasteiger partial charge is 0.372 e. The molecule has 0 aliphatic rings. The van der Waals surface area contributed by atoms with E-state index in [-0.39, 0.29) is 5.82 Å². The van der Waals surface area contributed by atoms with Crippen molar-refractivity contribution in [2.24, 2.45) is 7.05 Å². The van der Waals surface area contributed by atoms with E-state index < -0.39 is 5.97 Å². The molecule has 0 aliphatic carbocycles. The van der Waals surface area contributed by atoms with Crippen molar-refractivity contribution < 1.29 is 9.90 Å². The van der Waals surface area contributed by atoms with Gasteiger partial charge in [-0.2, -0.15) is 0 Å². The van der Waals surface area contributed by atoms with E-state index in [1.54, 1.807) is 13.2 Å². The van der Waals surface area contributed by atoms with Gasteiger partial charge >= 0.3 is 5.97 Å². The van der Waals surface area contributed by atoms with Gasteiger partial charge in [0.15, 0.2) is 0 Å². The van der Waals surface area contributed by atoms with Crippen LogP contribution < -0.4 is 0 Å². The van der Waals surface area contributed by atoms with Crippen LogP contribution in [0.15, 0.2) is 24.4 Å². The van der Waals surface area contributed by atoms with E-state index in [4.69, 9.17) is 5.11 Å². The number of carboxylic acid groups (broad SMARTS) is 1. The predicted octanol–water partition coefficient (Wildman–Crippen LogP) is 2.40. The fourth-order valence-corrected chi connectivity index (χ4v) is 1.90. The maximum absolute atomic E-state index is 10.9. The highest BCUT2D eigenvalue weighted by Gasteiger charge is 2.14. The third-order valence-corrected chi connectivity index (χ3v) is 2.73. The van der Waals surface area contributed by atoms with Crippen molar-refractivity contribution in [2.45, 2.75) is 13.8 Å². The van der Waals surface area contributed by atoms with Crippen LogP contribution in [-0.4, -0.2) is 20.6 Å². The second kappa shape index (κ2) is 4.05. The molecule has 0 saturated heterocycles. The van der Waals surface area contributed by atoms with Gasteiger partial charge in [-0.1, -0.05) is 23.8 Å². The Labute approximate surface area is 99.5 Å². The number of carbonyl (C=O) groups is 1. The number of hydrogen-bond acceptors (Lipinski definition) is 2. The number of aryl methyl sites for hydroxylation is 3. The quantitative estimate of drug-likeness (QED) is 0.861. The Balaban J connectivity index is 2.53. The van der Waals surface area contributed by atoms with Crippen LogP contribution in [0.1, 0.15) is 21.7 Å². The van der Waals surface area contributed by atoms with Crippen LogP contribution in [0.25, 0.3) is 11.3 Å². The van der Waals surface area contributed by atoms with Gasteiger partial charge in [0.2, 0.25) is 5.82 Å². The molecule has 2 rings (SSSR count). The topological polar surface area (TPSA) is 55.1 Å². The van der Waals surface area contributed by atoms with Crippen LogP contribution in [0, 0.1) is 13.8 Å². The van der Waals surface area contributed by atoms with Crippen LogP contribution in [0.4, 0.5) is 0 Å². The lowest BCUT2D eigenvalue weighted by Gasteiger charge is -2.03. The van der Waals surface area contributed by atoms with E-state index in [9.17, 15) is 4.79 Å². The van der Waals surface area contributed by atoms with Crippen molar-refractivity contribution in [1.29, 1.82) is 0 Å². The van der Waals surface area contributed by atoms with Gasteiger partial charge < -0.3 is 9.67 Å². The summed E-state index contributed by atoms with van der Waals surface area (Å²) in [6.07, 6.45) is 1.74. The number of nitrogens with zero attached hydrogens (tertiary/aromatic N) is 2. The molecule has 0 fully saturated rings. The first-order chi connectivity index (χ1) is 7.99. The lowest BCUT2D eigenvalue weighted by Crippen LogP contribution is -2.04. The highest BCUT2D eigenvalue weighted by atomic mass is 16.4. The summed E-state index contributed by atoms with van der Waals surface area (Å²) in [5, 5.41) is 8.96.